The number of halogens is 1. The van der Waals surface area contributed by atoms with Crippen LogP contribution in [0, 0.1) is 24.1 Å². The minimum Gasteiger partial charge on any atom is -0.494 e. The van der Waals surface area contributed by atoms with Gasteiger partial charge in [-0.1, -0.05) is 26.0 Å². The molecule has 1 unspecified atom stereocenters. The lowest BCUT2D eigenvalue weighted by molar-refractivity contribution is 0.0774. The van der Waals surface area contributed by atoms with Gasteiger partial charge in [-0.15, -0.1) is 0 Å². The summed E-state index contributed by atoms with van der Waals surface area (Å²) >= 11 is 0. The van der Waals surface area contributed by atoms with Crippen molar-refractivity contribution in [1.29, 1.82) is 5.26 Å². The molecule has 6 nitrogen and oxygen atoms in total. The predicted octanol–water partition coefficient (Wildman–Crippen LogP) is 3.32. The number of ether oxygens (including phenoxy) is 1. The number of hydrogen-bond donors (Lipinski definition) is 1. The van der Waals surface area contributed by atoms with E-state index in [0.29, 0.717) is 6.42 Å². The van der Waals surface area contributed by atoms with Gasteiger partial charge in [0.1, 0.15) is 11.6 Å². The van der Waals surface area contributed by atoms with Crippen LogP contribution in [0.25, 0.3) is 0 Å². The van der Waals surface area contributed by atoms with E-state index in [1.54, 1.807) is 26.0 Å². The first-order valence-electron chi connectivity index (χ1n) is 8.69. The second kappa shape index (κ2) is 8.49. The van der Waals surface area contributed by atoms with Crippen LogP contribution in [0.2, 0.25) is 0 Å². The summed E-state index contributed by atoms with van der Waals surface area (Å²) in [5.74, 6) is -1.81. The zero-order valence-corrected chi connectivity index (χ0v) is 15.5. The molecule has 0 saturated carbocycles. The minimum atomic E-state index is -1.08. The molecule has 0 radical (unpaired) electrons. The van der Waals surface area contributed by atoms with Gasteiger partial charge in [-0.2, -0.15) is 5.26 Å². The second-order valence-electron chi connectivity index (χ2n) is 6.08. The number of benzene rings is 1. The number of rotatable bonds is 7. The van der Waals surface area contributed by atoms with Crippen LogP contribution in [-0.4, -0.2) is 21.6 Å². The zero-order valence-electron chi connectivity index (χ0n) is 15.5. The maximum Gasteiger partial charge on any atom is 0.271 e. The van der Waals surface area contributed by atoms with E-state index in [-0.39, 0.29) is 35.4 Å². The van der Waals surface area contributed by atoms with Crippen molar-refractivity contribution >= 4 is 5.78 Å². The van der Waals surface area contributed by atoms with Crippen molar-refractivity contribution in [3.63, 3.8) is 0 Å². The molecule has 1 atom stereocenters. The summed E-state index contributed by atoms with van der Waals surface area (Å²) in [6, 6.07) is 7.49. The molecule has 1 aromatic heterocycles. The molecule has 0 bridgehead atoms. The average Bonchev–Trinajstić information content (AvgIpc) is 2.64. The Bertz CT molecular complexity index is 960. The summed E-state index contributed by atoms with van der Waals surface area (Å²) < 4.78 is 20.4. The van der Waals surface area contributed by atoms with Crippen molar-refractivity contribution in [2.24, 2.45) is 0 Å². The quantitative estimate of drug-likeness (QED) is 0.753. The van der Waals surface area contributed by atoms with Crippen LogP contribution in [0.4, 0.5) is 4.39 Å². The van der Waals surface area contributed by atoms with Crippen LogP contribution in [0.15, 0.2) is 29.1 Å². The molecule has 2 rings (SSSR count). The molecular formula is C20H21FN2O4. The van der Waals surface area contributed by atoms with Gasteiger partial charge >= 0.3 is 0 Å². The molecule has 0 fully saturated rings. The number of para-hydroxylation sites is 1. The van der Waals surface area contributed by atoms with Gasteiger partial charge in [0.2, 0.25) is 11.7 Å². The topological polar surface area (TPSA) is 92.3 Å². The van der Waals surface area contributed by atoms with Crippen LogP contribution in [0.1, 0.15) is 48.2 Å². The van der Waals surface area contributed by atoms with Gasteiger partial charge in [0.15, 0.2) is 17.7 Å². The second-order valence-corrected chi connectivity index (χ2v) is 6.08. The fraction of sp³-hybridized carbons (Fsp3) is 0.350. The molecule has 1 aromatic carbocycles. The summed E-state index contributed by atoms with van der Waals surface area (Å²) in [7, 11) is 0. The number of nitriles is 1. The molecule has 0 spiro atoms. The highest BCUT2D eigenvalue weighted by Crippen LogP contribution is 2.26. The van der Waals surface area contributed by atoms with E-state index < -0.39 is 29.1 Å². The van der Waals surface area contributed by atoms with Crippen LogP contribution < -0.4 is 10.3 Å². The molecule has 0 amide bonds. The summed E-state index contributed by atoms with van der Waals surface area (Å²) in [5, 5.41) is 19.9. The zero-order chi connectivity index (χ0) is 20.1. The number of nitrogens with zero attached hydrogens (tertiary/aromatic N) is 2. The summed E-state index contributed by atoms with van der Waals surface area (Å²) in [6.07, 6.45) is -0.343. The average molecular weight is 372 g/mol. The van der Waals surface area contributed by atoms with E-state index >= 15 is 0 Å². The highest BCUT2D eigenvalue weighted by Gasteiger charge is 2.29. The third kappa shape index (κ3) is 3.85. The molecule has 1 N–H and O–H groups in total. The Balaban J connectivity index is 2.56. The third-order valence-electron chi connectivity index (χ3n) is 4.26. The maximum atomic E-state index is 13.9. The number of pyridine rings is 1. The summed E-state index contributed by atoms with van der Waals surface area (Å²) in [6.45, 7) is 5.07. The number of ketones is 1. The molecule has 0 aliphatic carbocycles. The Morgan fingerprint density at radius 1 is 1.37 bits per heavy atom. The molecule has 0 saturated heterocycles. The summed E-state index contributed by atoms with van der Waals surface area (Å²) in [5.41, 5.74) is -0.907. The van der Waals surface area contributed by atoms with Gasteiger partial charge < -0.3 is 9.84 Å². The largest absolute Gasteiger partial charge is 0.494 e. The molecule has 0 aliphatic rings. The van der Waals surface area contributed by atoms with Gasteiger partial charge in [0.05, 0.1) is 5.56 Å². The Labute approximate surface area is 156 Å². The SMILES string of the molecule is CCCn1c(O)c(C(=O)C(CC)Oc2ccccc2F)c(C)c(C#N)c1=O. The van der Waals surface area contributed by atoms with E-state index in [1.807, 2.05) is 0 Å². The number of carbonyl (C=O) groups is 1. The molecule has 0 aliphatic heterocycles. The van der Waals surface area contributed by atoms with Gasteiger partial charge in [-0.3, -0.25) is 14.2 Å². The van der Waals surface area contributed by atoms with Crippen molar-refractivity contribution in [3.8, 4) is 17.7 Å². The Morgan fingerprint density at radius 3 is 2.59 bits per heavy atom. The monoisotopic (exact) mass is 372 g/mol. The first-order valence-corrected chi connectivity index (χ1v) is 8.69. The van der Waals surface area contributed by atoms with Crippen molar-refractivity contribution < 1.29 is 19.0 Å². The highest BCUT2D eigenvalue weighted by atomic mass is 19.1. The third-order valence-corrected chi connectivity index (χ3v) is 4.26. The predicted molar refractivity (Wildman–Crippen MR) is 97.5 cm³/mol. The fourth-order valence-corrected chi connectivity index (χ4v) is 2.85. The van der Waals surface area contributed by atoms with Gasteiger partial charge in [-0.05, 0) is 37.5 Å². The molecule has 27 heavy (non-hydrogen) atoms. The van der Waals surface area contributed by atoms with E-state index in [0.717, 1.165) is 4.57 Å². The molecule has 7 heteroatoms. The number of carbonyl (C=O) groups excluding carboxylic acids is 1. The normalized spacial score (nSPS) is 11.7. The van der Waals surface area contributed by atoms with Gasteiger partial charge in [0.25, 0.3) is 5.56 Å². The van der Waals surface area contributed by atoms with Crippen LogP contribution >= 0.6 is 0 Å². The Hall–Kier alpha value is -3.14. The maximum absolute atomic E-state index is 13.9. The van der Waals surface area contributed by atoms with Crippen LogP contribution in [0.5, 0.6) is 11.6 Å². The van der Waals surface area contributed by atoms with Crippen molar-refractivity contribution in [2.75, 3.05) is 0 Å². The number of aromatic nitrogens is 1. The van der Waals surface area contributed by atoms with E-state index in [2.05, 4.69) is 0 Å². The highest BCUT2D eigenvalue weighted by molar-refractivity contribution is 6.03. The molecule has 142 valence electrons. The fourth-order valence-electron chi connectivity index (χ4n) is 2.85. The standard InChI is InChI=1S/C20H21FN2O4/c1-4-10-23-19(25)13(11-22)12(3)17(20(23)26)18(24)15(5-2)27-16-9-7-6-8-14(16)21/h6-9,15,26H,4-5,10H2,1-3H3. The van der Waals surface area contributed by atoms with E-state index in [1.165, 1.54) is 25.1 Å². The van der Waals surface area contributed by atoms with Gasteiger partial charge in [0, 0.05) is 6.54 Å². The van der Waals surface area contributed by atoms with Crippen LogP contribution in [-0.2, 0) is 6.54 Å². The minimum absolute atomic E-state index is 0.0859. The van der Waals surface area contributed by atoms with Gasteiger partial charge in [-0.25, -0.2) is 4.39 Å². The lowest BCUT2D eigenvalue weighted by Crippen LogP contribution is -2.32. The first-order chi connectivity index (χ1) is 12.9. The van der Waals surface area contributed by atoms with Crippen molar-refractivity contribution in [3.05, 3.63) is 57.1 Å². The summed E-state index contributed by atoms with van der Waals surface area (Å²) in [4.78, 5) is 25.4. The smallest absolute Gasteiger partial charge is 0.271 e. The first kappa shape index (κ1) is 20.2. The molecule has 2 aromatic rings. The molecular weight excluding hydrogens is 351 g/mol. The number of aromatic hydroxyl groups is 1. The number of hydrogen-bond acceptors (Lipinski definition) is 5. The Kier molecular flexibility index (Phi) is 6.35. The van der Waals surface area contributed by atoms with E-state index in [4.69, 9.17) is 4.74 Å². The lowest BCUT2D eigenvalue weighted by Gasteiger charge is -2.20. The van der Waals surface area contributed by atoms with Crippen LogP contribution in [0.3, 0.4) is 0 Å². The van der Waals surface area contributed by atoms with Crippen molar-refractivity contribution in [2.45, 2.75) is 46.3 Å². The number of Topliss-reactive ketones (excluding diaryl/α,β-unsaturated/α-hetero) is 1. The van der Waals surface area contributed by atoms with E-state index in [9.17, 15) is 24.3 Å². The van der Waals surface area contributed by atoms with Crippen molar-refractivity contribution in [1.82, 2.24) is 4.57 Å². The molecule has 1 heterocycles. The Morgan fingerprint density at radius 2 is 2.04 bits per heavy atom. The lowest BCUT2D eigenvalue weighted by atomic mass is 9.97.